The Hall–Kier alpha value is -3.60. The van der Waals surface area contributed by atoms with Gasteiger partial charge in [0.1, 0.15) is 11.8 Å². The zero-order valence-corrected chi connectivity index (χ0v) is 22.1. The largest absolute Gasteiger partial charge is 0.483 e. The lowest BCUT2D eigenvalue weighted by Gasteiger charge is -2.32. The monoisotopic (exact) mass is 486 g/mol. The van der Waals surface area contributed by atoms with Gasteiger partial charge >= 0.3 is 0 Å². The van der Waals surface area contributed by atoms with Gasteiger partial charge in [-0.3, -0.25) is 9.59 Å². The first kappa shape index (κ1) is 27.0. The lowest BCUT2D eigenvalue weighted by Crippen LogP contribution is -2.52. The van der Waals surface area contributed by atoms with Crippen LogP contribution < -0.4 is 10.1 Å². The van der Waals surface area contributed by atoms with Crippen molar-refractivity contribution in [2.45, 2.75) is 53.6 Å². The van der Waals surface area contributed by atoms with Crippen molar-refractivity contribution in [3.63, 3.8) is 0 Å². The van der Waals surface area contributed by atoms with E-state index in [4.69, 9.17) is 4.74 Å². The van der Waals surface area contributed by atoms with Crippen LogP contribution >= 0.6 is 0 Å². The standard InChI is InChI=1S/C31H38N2O3/c1-22(2)19-32-31(35)28(18-26-12-7-6-8-13-26)33(20-27-14-10-9-11-24(27)4)30(34)21-36-29-16-15-23(3)17-25(29)5/h6-17,22,28H,18-21H2,1-5H3,(H,32,35)/t28-/m1/s1. The maximum absolute atomic E-state index is 13.7. The van der Waals surface area contributed by atoms with Gasteiger partial charge in [0.15, 0.2) is 6.61 Å². The fourth-order valence-corrected chi connectivity index (χ4v) is 4.13. The molecule has 2 amide bonds. The third-order valence-corrected chi connectivity index (χ3v) is 6.24. The molecule has 3 aromatic carbocycles. The van der Waals surface area contributed by atoms with Gasteiger partial charge in [-0.05, 0) is 55.0 Å². The van der Waals surface area contributed by atoms with Gasteiger partial charge < -0.3 is 15.0 Å². The van der Waals surface area contributed by atoms with Crippen LogP contribution in [0.4, 0.5) is 0 Å². The Balaban J connectivity index is 1.92. The molecule has 0 aliphatic rings. The van der Waals surface area contributed by atoms with Gasteiger partial charge in [0.25, 0.3) is 5.91 Å². The number of rotatable bonds is 11. The maximum atomic E-state index is 13.7. The molecule has 0 saturated carbocycles. The van der Waals surface area contributed by atoms with Gasteiger partial charge in [-0.2, -0.15) is 0 Å². The average Bonchev–Trinajstić information content (AvgIpc) is 2.85. The van der Waals surface area contributed by atoms with Crippen LogP contribution in [0.3, 0.4) is 0 Å². The van der Waals surface area contributed by atoms with E-state index in [-0.39, 0.29) is 18.4 Å². The fourth-order valence-electron chi connectivity index (χ4n) is 4.13. The number of nitrogens with zero attached hydrogens (tertiary/aromatic N) is 1. The molecule has 5 nitrogen and oxygen atoms in total. The van der Waals surface area contributed by atoms with E-state index in [1.165, 1.54) is 0 Å². The number of ether oxygens (including phenoxy) is 1. The van der Waals surface area contributed by atoms with Gasteiger partial charge in [-0.25, -0.2) is 0 Å². The summed E-state index contributed by atoms with van der Waals surface area (Å²) >= 11 is 0. The minimum Gasteiger partial charge on any atom is -0.483 e. The quantitative estimate of drug-likeness (QED) is 0.395. The van der Waals surface area contributed by atoms with Gasteiger partial charge in [-0.1, -0.05) is 86.1 Å². The topological polar surface area (TPSA) is 58.6 Å². The maximum Gasteiger partial charge on any atom is 0.261 e. The summed E-state index contributed by atoms with van der Waals surface area (Å²) in [5, 5.41) is 3.05. The molecule has 1 atom stereocenters. The van der Waals surface area contributed by atoms with Crippen molar-refractivity contribution in [2.75, 3.05) is 13.2 Å². The second kappa shape index (κ2) is 12.9. The van der Waals surface area contributed by atoms with E-state index in [1.807, 2.05) is 93.6 Å². The minimum absolute atomic E-state index is 0.140. The number of hydrogen-bond acceptors (Lipinski definition) is 3. The van der Waals surface area contributed by atoms with Crippen LogP contribution in [0.2, 0.25) is 0 Å². The van der Waals surface area contributed by atoms with E-state index in [9.17, 15) is 9.59 Å². The van der Waals surface area contributed by atoms with Crippen molar-refractivity contribution in [1.29, 1.82) is 0 Å². The first-order chi connectivity index (χ1) is 17.2. The fraction of sp³-hybridized carbons (Fsp3) is 0.355. The molecule has 0 unspecified atom stereocenters. The van der Waals surface area contributed by atoms with Crippen LogP contribution in [0.1, 0.15) is 41.7 Å². The van der Waals surface area contributed by atoms with E-state index in [1.54, 1.807) is 4.90 Å². The molecule has 0 fully saturated rings. The molecule has 1 N–H and O–H groups in total. The molecular formula is C31H38N2O3. The lowest BCUT2D eigenvalue weighted by molar-refractivity contribution is -0.142. The van der Waals surface area contributed by atoms with Crippen molar-refractivity contribution in [1.82, 2.24) is 10.2 Å². The first-order valence-corrected chi connectivity index (χ1v) is 12.6. The second-order valence-electron chi connectivity index (χ2n) is 9.85. The lowest BCUT2D eigenvalue weighted by atomic mass is 10.0. The molecule has 190 valence electrons. The number of carbonyl (C=O) groups is 2. The van der Waals surface area contributed by atoms with Crippen LogP contribution in [0.15, 0.2) is 72.8 Å². The summed E-state index contributed by atoms with van der Waals surface area (Å²) in [6.45, 7) is 10.9. The number of benzene rings is 3. The molecule has 36 heavy (non-hydrogen) atoms. The Bertz CT molecular complexity index is 1160. The molecule has 0 saturated heterocycles. The average molecular weight is 487 g/mol. The summed E-state index contributed by atoms with van der Waals surface area (Å²) in [6.07, 6.45) is 0.423. The zero-order chi connectivity index (χ0) is 26.1. The second-order valence-corrected chi connectivity index (χ2v) is 9.85. The molecule has 0 heterocycles. The smallest absolute Gasteiger partial charge is 0.261 e. The zero-order valence-electron chi connectivity index (χ0n) is 22.1. The van der Waals surface area contributed by atoms with Crippen molar-refractivity contribution in [3.05, 3.63) is 101 Å². The summed E-state index contributed by atoms with van der Waals surface area (Å²) in [5.41, 5.74) is 5.19. The molecule has 0 radical (unpaired) electrons. The molecule has 3 rings (SSSR count). The Kier molecular flexibility index (Phi) is 9.69. The molecule has 0 aliphatic carbocycles. The summed E-state index contributed by atoms with van der Waals surface area (Å²) < 4.78 is 5.96. The highest BCUT2D eigenvalue weighted by atomic mass is 16.5. The van der Waals surface area contributed by atoms with Crippen LogP contribution in [0, 0.1) is 26.7 Å². The summed E-state index contributed by atoms with van der Waals surface area (Å²) in [6, 6.07) is 23.0. The molecule has 0 bridgehead atoms. The van der Waals surface area contributed by atoms with Crippen molar-refractivity contribution >= 4 is 11.8 Å². The van der Waals surface area contributed by atoms with Crippen molar-refractivity contribution in [3.8, 4) is 5.75 Å². The van der Waals surface area contributed by atoms with Crippen LogP contribution in [0.5, 0.6) is 5.75 Å². The number of carbonyl (C=O) groups excluding carboxylic acids is 2. The van der Waals surface area contributed by atoms with Crippen LogP contribution in [0.25, 0.3) is 0 Å². The highest BCUT2D eigenvalue weighted by Crippen LogP contribution is 2.21. The highest BCUT2D eigenvalue weighted by Gasteiger charge is 2.31. The molecule has 0 aliphatic heterocycles. The minimum atomic E-state index is -0.666. The first-order valence-electron chi connectivity index (χ1n) is 12.6. The van der Waals surface area contributed by atoms with E-state index >= 15 is 0 Å². The Morgan fingerprint density at radius 1 is 0.889 bits per heavy atom. The number of hydrogen-bond donors (Lipinski definition) is 1. The van der Waals surface area contributed by atoms with Crippen molar-refractivity contribution < 1.29 is 14.3 Å². The number of amides is 2. The van der Waals surface area contributed by atoms with Gasteiger partial charge in [0.05, 0.1) is 0 Å². The van der Waals surface area contributed by atoms with E-state index in [0.717, 1.165) is 27.8 Å². The summed E-state index contributed by atoms with van der Waals surface area (Å²) in [4.78, 5) is 28.9. The third-order valence-electron chi connectivity index (χ3n) is 6.24. The predicted octanol–water partition coefficient (Wildman–Crippen LogP) is 5.40. The molecule has 3 aromatic rings. The number of nitrogens with one attached hydrogen (secondary N) is 1. The van der Waals surface area contributed by atoms with Crippen LogP contribution in [-0.2, 0) is 22.6 Å². The summed E-state index contributed by atoms with van der Waals surface area (Å²) in [5.74, 6) is 0.605. The third kappa shape index (κ3) is 7.70. The van der Waals surface area contributed by atoms with Gasteiger partial charge in [0, 0.05) is 19.5 Å². The Labute approximate surface area is 215 Å². The highest BCUT2D eigenvalue weighted by molar-refractivity contribution is 5.88. The van der Waals surface area contributed by atoms with Crippen molar-refractivity contribution in [2.24, 2.45) is 5.92 Å². The Morgan fingerprint density at radius 3 is 2.25 bits per heavy atom. The van der Waals surface area contributed by atoms with E-state index in [2.05, 4.69) is 19.2 Å². The Morgan fingerprint density at radius 2 is 1.58 bits per heavy atom. The normalized spacial score (nSPS) is 11.7. The van der Waals surface area contributed by atoms with E-state index in [0.29, 0.717) is 31.2 Å². The summed E-state index contributed by atoms with van der Waals surface area (Å²) in [7, 11) is 0. The predicted molar refractivity (Wildman–Crippen MR) is 145 cm³/mol. The SMILES string of the molecule is Cc1ccc(OCC(=O)N(Cc2ccccc2C)[C@H](Cc2ccccc2)C(=O)NCC(C)C)c(C)c1. The van der Waals surface area contributed by atoms with Gasteiger partial charge in [0.2, 0.25) is 5.91 Å². The van der Waals surface area contributed by atoms with Crippen LogP contribution in [-0.4, -0.2) is 35.9 Å². The van der Waals surface area contributed by atoms with E-state index < -0.39 is 6.04 Å². The molecule has 0 aromatic heterocycles. The molecule has 5 heteroatoms. The number of aryl methyl sites for hydroxylation is 3. The molecular weight excluding hydrogens is 448 g/mol. The molecule has 0 spiro atoms. The van der Waals surface area contributed by atoms with Gasteiger partial charge in [-0.15, -0.1) is 0 Å².